The van der Waals surface area contributed by atoms with Gasteiger partial charge in [-0.25, -0.2) is 14.3 Å². The second-order valence-electron chi connectivity index (χ2n) is 4.63. The van der Waals surface area contributed by atoms with Crippen molar-refractivity contribution in [3.8, 4) is 0 Å². The van der Waals surface area contributed by atoms with Crippen LogP contribution in [0.1, 0.15) is 17.0 Å². The van der Waals surface area contributed by atoms with E-state index in [1.165, 1.54) is 6.20 Å². The molecule has 1 aliphatic rings. The van der Waals surface area contributed by atoms with Crippen molar-refractivity contribution in [2.75, 3.05) is 4.31 Å². The Bertz CT molecular complexity index is 818. The van der Waals surface area contributed by atoms with Gasteiger partial charge in [-0.2, -0.15) is 8.42 Å². The van der Waals surface area contributed by atoms with Crippen LogP contribution in [0, 0.1) is 6.92 Å². The van der Waals surface area contributed by atoms with Crippen LogP contribution in [0.2, 0.25) is 0 Å². The van der Waals surface area contributed by atoms with Crippen LogP contribution < -0.4 is 10.0 Å². The Morgan fingerprint density at radius 2 is 1.95 bits per heavy atom. The molecular formula is C13H13N5O2S. The molecule has 0 unspecified atom stereocenters. The molecule has 21 heavy (non-hydrogen) atoms. The van der Waals surface area contributed by atoms with Crippen LogP contribution >= 0.6 is 0 Å². The summed E-state index contributed by atoms with van der Waals surface area (Å²) in [6.45, 7) is 1.87. The summed E-state index contributed by atoms with van der Waals surface area (Å²) in [7, 11) is -3.91. The molecular weight excluding hydrogens is 290 g/mol. The summed E-state index contributed by atoms with van der Waals surface area (Å²) in [5.41, 5.74) is 7.39. The molecule has 0 amide bonds. The summed E-state index contributed by atoms with van der Waals surface area (Å²) in [6.07, 6.45) is 1.53. The van der Waals surface area contributed by atoms with Gasteiger partial charge in [0, 0.05) is 6.20 Å². The number of anilines is 1. The Morgan fingerprint density at radius 1 is 1.24 bits per heavy atom. The van der Waals surface area contributed by atoms with Crippen LogP contribution in [-0.2, 0) is 16.8 Å². The van der Waals surface area contributed by atoms with Crippen LogP contribution in [0.4, 0.5) is 5.82 Å². The Kier molecular flexibility index (Phi) is 3.09. The van der Waals surface area contributed by atoms with Gasteiger partial charge in [-0.3, -0.25) is 0 Å². The number of amidine groups is 1. The van der Waals surface area contributed by atoms with Gasteiger partial charge >= 0.3 is 10.2 Å². The Balaban J connectivity index is 2.13. The van der Waals surface area contributed by atoms with Crippen molar-refractivity contribution in [1.82, 2.24) is 9.97 Å². The lowest BCUT2D eigenvalue weighted by molar-refractivity contribution is 0.590. The summed E-state index contributed by atoms with van der Waals surface area (Å²) >= 11 is 0. The van der Waals surface area contributed by atoms with Crippen molar-refractivity contribution in [2.45, 2.75) is 13.5 Å². The largest absolute Gasteiger partial charge is 0.381 e. The highest BCUT2D eigenvalue weighted by molar-refractivity contribution is 7.91. The van der Waals surface area contributed by atoms with Crippen molar-refractivity contribution >= 4 is 21.9 Å². The maximum absolute atomic E-state index is 12.3. The highest BCUT2D eigenvalue weighted by atomic mass is 32.2. The molecule has 7 nitrogen and oxygen atoms in total. The molecule has 0 spiro atoms. The molecule has 0 radical (unpaired) electrons. The van der Waals surface area contributed by atoms with Gasteiger partial charge in [-0.05, 0) is 12.5 Å². The Hall–Kier alpha value is -2.48. The van der Waals surface area contributed by atoms with Gasteiger partial charge in [-0.15, -0.1) is 4.40 Å². The lowest BCUT2D eigenvalue weighted by Crippen LogP contribution is -2.38. The standard InChI is InChI=1S/C13H13N5O2S/c1-9-7-15-11-12(14)17-21(19,20)18(13(11)16-9)8-10-5-3-2-4-6-10/h2-7H,8H2,1H3,(H2,14,17). The minimum atomic E-state index is -3.91. The van der Waals surface area contributed by atoms with Crippen LogP contribution in [0.3, 0.4) is 0 Å². The zero-order valence-electron chi connectivity index (χ0n) is 11.3. The molecule has 0 aliphatic carbocycles. The SMILES string of the molecule is Cc1cnc2c(n1)N(Cc1ccccc1)S(=O)(=O)N=C2N. The fraction of sp³-hybridized carbons (Fsp3) is 0.154. The highest BCUT2D eigenvalue weighted by Crippen LogP contribution is 2.27. The first-order chi connectivity index (χ1) is 9.97. The summed E-state index contributed by atoms with van der Waals surface area (Å²) in [5, 5.41) is 0. The maximum atomic E-state index is 12.3. The highest BCUT2D eigenvalue weighted by Gasteiger charge is 2.33. The van der Waals surface area contributed by atoms with Crippen molar-refractivity contribution < 1.29 is 8.42 Å². The van der Waals surface area contributed by atoms with Gasteiger partial charge in [-0.1, -0.05) is 30.3 Å². The minimum Gasteiger partial charge on any atom is -0.381 e. The van der Waals surface area contributed by atoms with Gasteiger partial charge in [0.25, 0.3) is 0 Å². The first kappa shape index (κ1) is 13.5. The third-order valence-corrected chi connectivity index (χ3v) is 4.30. The molecule has 1 aliphatic heterocycles. The minimum absolute atomic E-state index is 0.130. The molecule has 2 heterocycles. The first-order valence-electron chi connectivity index (χ1n) is 6.23. The van der Waals surface area contributed by atoms with E-state index in [0.717, 1.165) is 9.87 Å². The molecule has 0 saturated carbocycles. The van der Waals surface area contributed by atoms with Gasteiger partial charge in [0.05, 0.1) is 12.2 Å². The van der Waals surface area contributed by atoms with Gasteiger partial charge in [0.15, 0.2) is 11.7 Å². The second-order valence-corrected chi connectivity index (χ2v) is 6.15. The predicted molar refractivity (Wildman–Crippen MR) is 79.0 cm³/mol. The third-order valence-electron chi connectivity index (χ3n) is 3.01. The van der Waals surface area contributed by atoms with Crippen LogP contribution in [-0.4, -0.2) is 24.2 Å². The number of aromatic nitrogens is 2. The van der Waals surface area contributed by atoms with Crippen LogP contribution in [0.15, 0.2) is 40.9 Å². The van der Waals surface area contributed by atoms with Gasteiger partial charge in [0.2, 0.25) is 0 Å². The number of nitrogens with zero attached hydrogens (tertiary/aromatic N) is 4. The summed E-state index contributed by atoms with van der Waals surface area (Å²) in [5.74, 6) is 0.0770. The number of rotatable bonds is 2. The molecule has 0 atom stereocenters. The van der Waals surface area contributed by atoms with E-state index in [1.54, 1.807) is 6.92 Å². The molecule has 3 rings (SSSR count). The molecule has 0 bridgehead atoms. The fourth-order valence-electron chi connectivity index (χ4n) is 2.05. The Labute approximate surface area is 122 Å². The predicted octanol–water partition coefficient (Wildman–Crippen LogP) is 0.755. The van der Waals surface area contributed by atoms with Gasteiger partial charge in [0.1, 0.15) is 5.69 Å². The lowest BCUT2D eigenvalue weighted by Gasteiger charge is -2.26. The van der Waals surface area contributed by atoms with Crippen molar-refractivity contribution in [1.29, 1.82) is 0 Å². The molecule has 108 valence electrons. The topological polar surface area (TPSA) is 102 Å². The quantitative estimate of drug-likeness (QED) is 0.882. The number of fused-ring (bicyclic) bond motifs is 1. The summed E-state index contributed by atoms with van der Waals surface area (Å²) in [4.78, 5) is 8.39. The Morgan fingerprint density at radius 3 is 2.67 bits per heavy atom. The normalized spacial score (nSPS) is 16.2. The molecule has 0 saturated heterocycles. The first-order valence-corrected chi connectivity index (χ1v) is 7.63. The second kappa shape index (κ2) is 4.81. The van der Waals surface area contributed by atoms with E-state index in [4.69, 9.17) is 5.73 Å². The monoisotopic (exact) mass is 303 g/mol. The lowest BCUT2D eigenvalue weighted by atomic mass is 10.2. The molecule has 1 aromatic carbocycles. The smallest absolute Gasteiger partial charge is 0.348 e. The number of aryl methyl sites for hydroxylation is 1. The number of benzene rings is 1. The summed E-state index contributed by atoms with van der Waals surface area (Å²) < 4.78 is 29.2. The molecule has 2 N–H and O–H groups in total. The van der Waals surface area contributed by atoms with Crippen LogP contribution in [0.25, 0.3) is 0 Å². The van der Waals surface area contributed by atoms with Gasteiger partial charge < -0.3 is 5.73 Å². The number of hydrogen-bond donors (Lipinski definition) is 1. The molecule has 2 aromatic rings. The molecule has 8 heteroatoms. The maximum Gasteiger partial charge on any atom is 0.348 e. The number of nitrogens with two attached hydrogens (primary N) is 1. The third kappa shape index (κ3) is 2.45. The molecule has 1 aromatic heterocycles. The summed E-state index contributed by atoms with van der Waals surface area (Å²) in [6, 6.07) is 9.21. The van der Waals surface area contributed by atoms with E-state index in [-0.39, 0.29) is 23.9 Å². The average molecular weight is 303 g/mol. The number of hydrogen-bond acceptors (Lipinski definition) is 5. The average Bonchev–Trinajstić information content (AvgIpc) is 2.44. The van der Waals surface area contributed by atoms with Crippen LogP contribution in [0.5, 0.6) is 0 Å². The van der Waals surface area contributed by atoms with Crippen molar-refractivity contribution in [3.63, 3.8) is 0 Å². The van der Waals surface area contributed by atoms with E-state index < -0.39 is 10.2 Å². The fourth-order valence-corrected chi connectivity index (χ4v) is 3.14. The van der Waals surface area contributed by atoms with E-state index in [1.807, 2.05) is 30.3 Å². The van der Waals surface area contributed by atoms with E-state index in [0.29, 0.717) is 5.69 Å². The van der Waals surface area contributed by atoms with E-state index >= 15 is 0 Å². The zero-order chi connectivity index (χ0) is 15.0. The van der Waals surface area contributed by atoms with E-state index in [9.17, 15) is 8.42 Å². The molecule has 0 fully saturated rings. The van der Waals surface area contributed by atoms with Crippen molar-refractivity contribution in [2.24, 2.45) is 10.1 Å². The van der Waals surface area contributed by atoms with Crippen molar-refractivity contribution in [3.05, 3.63) is 53.5 Å². The zero-order valence-corrected chi connectivity index (χ0v) is 12.1. The van der Waals surface area contributed by atoms with E-state index in [2.05, 4.69) is 14.4 Å².